The van der Waals surface area contributed by atoms with E-state index in [0.29, 0.717) is 10.5 Å². The summed E-state index contributed by atoms with van der Waals surface area (Å²) in [6, 6.07) is 20.9. The van der Waals surface area contributed by atoms with Crippen molar-refractivity contribution in [3.63, 3.8) is 0 Å². The van der Waals surface area contributed by atoms with Crippen LogP contribution in [-0.2, 0) is 15.6 Å². The van der Waals surface area contributed by atoms with Gasteiger partial charge in [-0.05, 0) is 55.5 Å². The van der Waals surface area contributed by atoms with Gasteiger partial charge in [-0.15, -0.1) is 0 Å². The Morgan fingerprint density at radius 3 is 1.76 bits per heavy atom. The van der Waals surface area contributed by atoms with Crippen LogP contribution in [-0.4, -0.2) is 30.2 Å². The van der Waals surface area contributed by atoms with Gasteiger partial charge in [-0.3, -0.25) is 4.79 Å². The Morgan fingerprint density at radius 1 is 0.706 bits per heavy atom. The average Bonchev–Trinajstić information content (AvgIpc) is 2.77. The second-order valence-electron chi connectivity index (χ2n) is 7.10. The first-order chi connectivity index (χ1) is 15.9. The fraction of sp³-hybridized carbons (Fsp3) is 0.167. The normalized spacial score (nSPS) is 12.9. The smallest absolute Gasteiger partial charge is 0.434 e. The average molecular weight is 499 g/mol. The highest BCUT2D eigenvalue weighted by atomic mass is 32.2. The molecule has 34 heavy (non-hydrogen) atoms. The molecular formula is C24H17F6O3S+. The molecule has 0 spiro atoms. The highest BCUT2D eigenvalue weighted by molar-refractivity contribution is 7.97. The molecule has 0 N–H and O–H groups in total. The zero-order valence-corrected chi connectivity index (χ0v) is 18.3. The van der Waals surface area contributed by atoms with Crippen molar-refractivity contribution in [2.45, 2.75) is 40.1 Å². The molecule has 0 aliphatic carbocycles. The topological polar surface area (TPSA) is 43.4 Å². The van der Waals surface area contributed by atoms with E-state index in [1.165, 1.54) is 19.1 Å². The molecule has 0 aliphatic rings. The van der Waals surface area contributed by atoms with Crippen LogP contribution < -0.4 is 0 Å². The Balaban J connectivity index is 2.01. The lowest BCUT2D eigenvalue weighted by Crippen LogP contribution is -2.45. The van der Waals surface area contributed by atoms with Gasteiger partial charge in [-0.2, -0.15) is 26.3 Å². The lowest BCUT2D eigenvalue weighted by Gasteiger charge is -2.22. The van der Waals surface area contributed by atoms with Crippen LogP contribution in [0.4, 0.5) is 26.3 Å². The first kappa shape index (κ1) is 25.4. The molecule has 0 saturated heterocycles. The van der Waals surface area contributed by atoms with E-state index in [1.807, 2.05) is 0 Å². The maximum Gasteiger partial charge on any atom is 0.434 e. The van der Waals surface area contributed by atoms with Gasteiger partial charge in [0.1, 0.15) is 0 Å². The summed E-state index contributed by atoms with van der Waals surface area (Å²) in [5.74, 6) is -1.88. The second kappa shape index (κ2) is 9.92. The lowest BCUT2D eigenvalue weighted by molar-refractivity contribution is -0.307. The Kier molecular flexibility index (Phi) is 7.40. The van der Waals surface area contributed by atoms with Gasteiger partial charge in [0, 0.05) is 11.6 Å². The Hall–Kier alpha value is -3.27. The molecule has 178 valence electrons. The number of hydrogen-bond donors (Lipinski definition) is 0. The van der Waals surface area contributed by atoms with E-state index in [4.69, 9.17) is 0 Å². The van der Waals surface area contributed by atoms with Crippen molar-refractivity contribution < 1.29 is 40.7 Å². The summed E-state index contributed by atoms with van der Waals surface area (Å²) in [6.45, 7) is 1.41. The molecule has 0 heterocycles. The second-order valence-corrected chi connectivity index (χ2v) is 9.12. The number of ether oxygens (including phenoxy) is 1. The molecule has 0 radical (unpaired) electrons. The summed E-state index contributed by atoms with van der Waals surface area (Å²) < 4.78 is 80.7. The maximum absolute atomic E-state index is 12.8. The zero-order valence-electron chi connectivity index (χ0n) is 17.5. The van der Waals surface area contributed by atoms with Crippen LogP contribution in [0.2, 0.25) is 0 Å². The van der Waals surface area contributed by atoms with Crippen molar-refractivity contribution in [3.05, 3.63) is 90.0 Å². The number of rotatable bonds is 6. The molecule has 0 fully saturated rings. The minimum atomic E-state index is -5.81. The van der Waals surface area contributed by atoms with Gasteiger partial charge in [-0.1, -0.05) is 24.3 Å². The van der Waals surface area contributed by atoms with Crippen LogP contribution in [0.15, 0.2) is 93.5 Å². The number of carbonyl (C=O) groups is 2. The van der Waals surface area contributed by atoms with E-state index >= 15 is 0 Å². The van der Waals surface area contributed by atoms with Gasteiger partial charge in [0.2, 0.25) is 0 Å². The van der Waals surface area contributed by atoms with Gasteiger partial charge in [0.05, 0.1) is 16.5 Å². The van der Waals surface area contributed by atoms with Crippen molar-refractivity contribution in [3.8, 4) is 0 Å². The third-order valence-electron chi connectivity index (χ3n) is 4.60. The van der Waals surface area contributed by atoms with Gasteiger partial charge in [-0.25, -0.2) is 4.79 Å². The van der Waals surface area contributed by atoms with E-state index in [-0.39, 0.29) is 5.78 Å². The number of benzene rings is 3. The largest absolute Gasteiger partial charge is 0.439 e. The maximum atomic E-state index is 12.8. The minimum Gasteiger partial charge on any atom is -0.439 e. The molecule has 3 nitrogen and oxygen atoms in total. The predicted molar refractivity (Wildman–Crippen MR) is 113 cm³/mol. The molecule has 0 aliphatic heterocycles. The molecule has 3 aromatic carbocycles. The van der Waals surface area contributed by atoms with Crippen molar-refractivity contribution in [1.29, 1.82) is 0 Å². The molecule has 1 unspecified atom stereocenters. The lowest BCUT2D eigenvalue weighted by atomic mass is 10.2. The summed E-state index contributed by atoms with van der Waals surface area (Å²) in [7, 11) is -0.873. The first-order valence-corrected chi connectivity index (χ1v) is 10.9. The van der Waals surface area contributed by atoms with Crippen molar-refractivity contribution >= 4 is 22.6 Å². The first-order valence-electron chi connectivity index (χ1n) is 9.73. The van der Waals surface area contributed by atoms with Crippen molar-refractivity contribution in [2.75, 3.05) is 0 Å². The summed E-state index contributed by atoms with van der Waals surface area (Å²) in [5.41, 5.74) is 0.0211. The Bertz CT molecular complexity index is 1140. The number of halogens is 6. The number of carbonyl (C=O) groups excluding carboxylic acids is 2. The minimum absolute atomic E-state index is 0.139. The molecule has 3 rings (SSSR count). The fourth-order valence-corrected chi connectivity index (χ4v) is 5.15. The van der Waals surface area contributed by atoms with Crippen LogP contribution in [0, 0.1) is 0 Å². The van der Waals surface area contributed by atoms with Crippen LogP contribution >= 0.6 is 0 Å². The molecule has 0 amide bonds. The van der Waals surface area contributed by atoms with Gasteiger partial charge >= 0.3 is 18.3 Å². The van der Waals surface area contributed by atoms with E-state index in [2.05, 4.69) is 4.74 Å². The van der Waals surface area contributed by atoms with Crippen LogP contribution in [0.25, 0.3) is 0 Å². The molecule has 0 bridgehead atoms. The monoisotopic (exact) mass is 499 g/mol. The highest BCUT2D eigenvalue weighted by Gasteiger charge is 2.60. The summed E-state index contributed by atoms with van der Waals surface area (Å²) in [5, 5.41) is 0. The van der Waals surface area contributed by atoms with Gasteiger partial charge in [0.25, 0.3) is 6.10 Å². The quantitative estimate of drug-likeness (QED) is 0.165. The highest BCUT2D eigenvalue weighted by Crippen LogP contribution is 2.37. The van der Waals surface area contributed by atoms with Crippen molar-refractivity contribution in [2.24, 2.45) is 0 Å². The molecular weight excluding hydrogens is 482 g/mol. The van der Waals surface area contributed by atoms with E-state index in [0.717, 1.165) is 15.9 Å². The van der Waals surface area contributed by atoms with Gasteiger partial charge in [0.15, 0.2) is 20.5 Å². The zero-order chi connectivity index (χ0) is 25.1. The SMILES string of the molecule is CC(=O)c1ccc([S+](c2ccccc2)c2cccc(C(=O)OC(C(F)(F)F)C(F)(F)F)c2)cc1. The summed E-state index contributed by atoms with van der Waals surface area (Å²) in [4.78, 5) is 25.8. The molecule has 0 aromatic heterocycles. The van der Waals surface area contributed by atoms with E-state index in [1.54, 1.807) is 60.7 Å². The van der Waals surface area contributed by atoms with Crippen molar-refractivity contribution in [1.82, 2.24) is 0 Å². The molecule has 0 saturated carbocycles. The van der Waals surface area contributed by atoms with Crippen LogP contribution in [0.5, 0.6) is 0 Å². The molecule has 3 aromatic rings. The number of ketones is 1. The summed E-state index contributed by atoms with van der Waals surface area (Å²) in [6.07, 6.45) is -15.8. The number of Topliss-reactive ketones (excluding diaryl/α,β-unsaturated/α-hetero) is 1. The van der Waals surface area contributed by atoms with Gasteiger partial charge < -0.3 is 4.74 Å². The third-order valence-corrected chi connectivity index (χ3v) is 6.81. The van der Waals surface area contributed by atoms with E-state index < -0.39 is 40.9 Å². The third kappa shape index (κ3) is 5.99. The Morgan fingerprint density at radius 2 is 1.24 bits per heavy atom. The summed E-state index contributed by atoms with van der Waals surface area (Å²) >= 11 is 0. The number of hydrogen-bond acceptors (Lipinski definition) is 3. The number of esters is 1. The molecule has 1 atom stereocenters. The van der Waals surface area contributed by atoms with E-state index in [9.17, 15) is 35.9 Å². The van der Waals surface area contributed by atoms with Crippen LogP contribution in [0.1, 0.15) is 27.6 Å². The fourth-order valence-electron chi connectivity index (χ4n) is 3.03. The predicted octanol–water partition coefficient (Wildman–Crippen LogP) is 6.63. The molecule has 10 heteroatoms. The standard InChI is InChI=1S/C24H17F6O3S/c1-15(31)16-10-12-19(13-11-16)34(18-7-3-2-4-8-18)20-9-5-6-17(14-20)21(32)33-22(23(25,26)27)24(28,29)30/h2-14,22H,1H3/q+1. The Labute approximate surface area is 193 Å². The van der Waals surface area contributed by atoms with Crippen LogP contribution in [0.3, 0.4) is 0 Å². The number of alkyl halides is 6.